The predicted molar refractivity (Wildman–Crippen MR) is 93.3 cm³/mol. The van der Waals surface area contributed by atoms with Gasteiger partial charge in [-0.1, -0.05) is 41.9 Å². The van der Waals surface area contributed by atoms with Crippen molar-refractivity contribution in [3.05, 3.63) is 34.9 Å². The smallest absolute Gasteiger partial charge is 0.0754 e. The van der Waals surface area contributed by atoms with Crippen molar-refractivity contribution >= 4 is 0 Å². The second kappa shape index (κ2) is 9.25. The zero-order chi connectivity index (χ0) is 15.8. The van der Waals surface area contributed by atoms with E-state index in [1.807, 2.05) is 0 Å². The van der Waals surface area contributed by atoms with E-state index >= 15 is 0 Å². The van der Waals surface area contributed by atoms with Crippen molar-refractivity contribution in [3.8, 4) is 0 Å². The molecule has 1 aliphatic rings. The molecule has 120 valence electrons. The van der Waals surface area contributed by atoms with Gasteiger partial charge in [0.25, 0.3) is 0 Å². The molecule has 0 aromatic heterocycles. The van der Waals surface area contributed by atoms with Gasteiger partial charge in [0.15, 0.2) is 0 Å². The first kappa shape index (κ1) is 18.2. The van der Waals surface area contributed by atoms with Crippen molar-refractivity contribution in [1.29, 1.82) is 0 Å². The lowest BCUT2D eigenvalue weighted by Crippen LogP contribution is -2.25. The molecule has 1 nitrogen and oxygen atoms in total. The van der Waals surface area contributed by atoms with Crippen molar-refractivity contribution in [2.75, 3.05) is 0 Å². The summed E-state index contributed by atoms with van der Waals surface area (Å²) >= 11 is 0. The molecule has 0 unspecified atom stereocenters. The molecule has 0 aromatic carbocycles. The molecule has 0 aromatic rings. The highest BCUT2D eigenvalue weighted by atomic mass is 16.3. The predicted octanol–water partition coefficient (Wildman–Crippen LogP) is 5.81. The van der Waals surface area contributed by atoms with Gasteiger partial charge in [-0.05, 0) is 78.1 Å². The number of rotatable bonds is 4. The summed E-state index contributed by atoms with van der Waals surface area (Å²) in [6.07, 6.45) is 13.2. The molecule has 0 heterocycles. The minimum Gasteiger partial charge on any atom is -0.389 e. The van der Waals surface area contributed by atoms with Crippen LogP contribution in [0.3, 0.4) is 0 Å². The number of hydrogen-bond donors (Lipinski definition) is 1. The molecule has 1 rings (SSSR count). The van der Waals surface area contributed by atoms with Crippen LogP contribution in [0.4, 0.5) is 0 Å². The van der Waals surface area contributed by atoms with E-state index in [9.17, 15) is 5.11 Å². The molecule has 0 fully saturated rings. The lowest BCUT2D eigenvalue weighted by Gasteiger charge is -2.28. The summed E-state index contributed by atoms with van der Waals surface area (Å²) in [7, 11) is 0. The van der Waals surface area contributed by atoms with Crippen molar-refractivity contribution in [3.63, 3.8) is 0 Å². The topological polar surface area (TPSA) is 20.2 Å². The Morgan fingerprint density at radius 2 is 2.00 bits per heavy atom. The summed E-state index contributed by atoms with van der Waals surface area (Å²) in [5.41, 5.74) is 4.21. The van der Waals surface area contributed by atoms with Crippen LogP contribution in [-0.2, 0) is 0 Å². The highest BCUT2D eigenvalue weighted by molar-refractivity contribution is 5.09. The van der Waals surface area contributed by atoms with Crippen LogP contribution in [0.5, 0.6) is 0 Å². The first-order valence-corrected chi connectivity index (χ1v) is 8.54. The van der Waals surface area contributed by atoms with E-state index in [1.165, 1.54) is 23.1 Å². The summed E-state index contributed by atoms with van der Waals surface area (Å²) in [4.78, 5) is 0. The Balaban J connectivity index is 2.74. The number of allylic oxidation sites excluding steroid dienone is 5. The molecule has 0 radical (unpaired) electrons. The third-order valence-corrected chi connectivity index (χ3v) is 4.70. The number of hydrogen-bond acceptors (Lipinski definition) is 1. The Morgan fingerprint density at radius 3 is 2.67 bits per heavy atom. The van der Waals surface area contributed by atoms with E-state index in [0.717, 1.165) is 32.1 Å². The summed E-state index contributed by atoms with van der Waals surface area (Å²) in [5, 5.41) is 10.6. The van der Waals surface area contributed by atoms with Gasteiger partial charge in [-0.2, -0.15) is 0 Å². The lowest BCUT2D eigenvalue weighted by atomic mass is 9.80. The van der Waals surface area contributed by atoms with Gasteiger partial charge in [0, 0.05) is 0 Å². The average Bonchev–Trinajstić information content (AvgIpc) is 2.37. The third kappa shape index (κ3) is 7.13. The molecule has 1 heteroatoms. The molecule has 0 aliphatic heterocycles. The normalized spacial score (nSPS) is 30.6. The quantitative estimate of drug-likeness (QED) is 0.647. The van der Waals surface area contributed by atoms with Crippen LogP contribution in [0.15, 0.2) is 34.9 Å². The van der Waals surface area contributed by atoms with E-state index in [0.29, 0.717) is 11.8 Å². The van der Waals surface area contributed by atoms with E-state index in [4.69, 9.17) is 0 Å². The Labute approximate surface area is 131 Å². The Hall–Kier alpha value is -0.820. The second-order valence-electron chi connectivity index (χ2n) is 7.13. The van der Waals surface area contributed by atoms with Gasteiger partial charge in [0.05, 0.1) is 6.10 Å². The molecule has 21 heavy (non-hydrogen) atoms. The molecular formula is C20H34O. The maximum absolute atomic E-state index is 10.6. The summed E-state index contributed by atoms with van der Waals surface area (Å²) in [6.45, 7) is 11.0. The van der Waals surface area contributed by atoms with E-state index < -0.39 is 0 Å². The van der Waals surface area contributed by atoms with Gasteiger partial charge >= 0.3 is 0 Å². The number of aliphatic hydroxyl groups is 1. The van der Waals surface area contributed by atoms with Crippen molar-refractivity contribution in [2.45, 2.75) is 79.2 Å². The summed E-state index contributed by atoms with van der Waals surface area (Å²) in [6, 6.07) is 0. The van der Waals surface area contributed by atoms with Crippen LogP contribution in [0, 0.1) is 11.8 Å². The average molecular weight is 290 g/mol. The van der Waals surface area contributed by atoms with Crippen LogP contribution >= 0.6 is 0 Å². The molecular weight excluding hydrogens is 256 g/mol. The zero-order valence-corrected chi connectivity index (χ0v) is 14.7. The third-order valence-electron chi connectivity index (χ3n) is 4.70. The van der Waals surface area contributed by atoms with Crippen molar-refractivity contribution < 1.29 is 5.11 Å². The van der Waals surface area contributed by atoms with Gasteiger partial charge in [-0.25, -0.2) is 0 Å². The Morgan fingerprint density at radius 1 is 1.29 bits per heavy atom. The lowest BCUT2D eigenvalue weighted by molar-refractivity contribution is 0.106. The van der Waals surface area contributed by atoms with Gasteiger partial charge in [-0.15, -0.1) is 0 Å². The monoisotopic (exact) mass is 290 g/mol. The molecule has 0 bridgehead atoms. The van der Waals surface area contributed by atoms with Gasteiger partial charge < -0.3 is 5.11 Å². The van der Waals surface area contributed by atoms with Gasteiger partial charge in [0.1, 0.15) is 0 Å². The SMILES string of the molecule is CC(C)=CCC[C@H](C)[C@@H]1CC/C(C)=C/CC/C(C)=C/[C@@H]1O. The minimum atomic E-state index is -0.280. The van der Waals surface area contributed by atoms with Crippen LogP contribution in [0.25, 0.3) is 0 Å². The fraction of sp³-hybridized carbons (Fsp3) is 0.700. The zero-order valence-electron chi connectivity index (χ0n) is 14.7. The minimum absolute atomic E-state index is 0.280. The van der Waals surface area contributed by atoms with Crippen LogP contribution in [0.1, 0.15) is 73.1 Å². The fourth-order valence-corrected chi connectivity index (χ4v) is 3.18. The molecule has 0 saturated heterocycles. The number of aliphatic hydroxyl groups excluding tert-OH is 1. The molecule has 0 spiro atoms. The molecule has 1 N–H and O–H groups in total. The first-order valence-electron chi connectivity index (χ1n) is 8.54. The van der Waals surface area contributed by atoms with Crippen molar-refractivity contribution in [1.82, 2.24) is 0 Å². The Bertz CT molecular complexity index is 396. The van der Waals surface area contributed by atoms with E-state index in [1.54, 1.807) is 0 Å². The van der Waals surface area contributed by atoms with E-state index in [-0.39, 0.29) is 6.10 Å². The fourth-order valence-electron chi connectivity index (χ4n) is 3.18. The van der Waals surface area contributed by atoms with Crippen molar-refractivity contribution in [2.24, 2.45) is 11.8 Å². The largest absolute Gasteiger partial charge is 0.389 e. The maximum Gasteiger partial charge on any atom is 0.0754 e. The highest BCUT2D eigenvalue weighted by Crippen LogP contribution is 2.30. The van der Waals surface area contributed by atoms with Crippen LogP contribution < -0.4 is 0 Å². The Kier molecular flexibility index (Phi) is 8.03. The van der Waals surface area contributed by atoms with Gasteiger partial charge in [-0.3, -0.25) is 0 Å². The summed E-state index contributed by atoms with van der Waals surface area (Å²) < 4.78 is 0. The first-order chi connectivity index (χ1) is 9.90. The molecule has 0 saturated carbocycles. The van der Waals surface area contributed by atoms with E-state index in [2.05, 4.69) is 52.8 Å². The standard InChI is InChI=1S/C20H34O/c1-15(2)8-6-11-18(5)19-13-12-16(3)9-7-10-17(4)14-20(19)21/h8-9,14,18-21H,6-7,10-13H2,1-5H3/b16-9+,17-14+/t18-,19-,20-/m0/s1. The maximum atomic E-state index is 10.6. The highest BCUT2D eigenvalue weighted by Gasteiger charge is 2.23. The molecule has 1 aliphatic carbocycles. The van der Waals surface area contributed by atoms with Crippen LogP contribution in [-0.4, -0.2) is 11.2 Å². The second-order valence-corrected chi connectivity index (χ2v) is 7.13. The summed E-state index contributed by atoms with van der Waals surface area (Å²) in [5.74, 6) is 0.943. The molecule has 3 atom stereocenters. The van der Waals surface area contributed by atoms with Crippen LogP contribution in [0.2, 0.25) is 0 Å². The van der Waals surface area contributed by atoms with Gasteiger partial charge in [0.2, 0.25) is 0 Å². The molecule has 0 amide bonds.